The summed E-state index contributed by atoms with van der Waals surface area (Å²) < 4.78 is 0. The molecule has 1 aliphatic heterocycles. The average Bonchev–Trinajstić information content (AvgIpc) is 2.21. The first-order chi connectivity index (χ1) is 5.97. The fraction of sp³-hybridized carbons (Fsp3) is 0.455. The summed E-state index contributed by atoms with van der Waals surface area (Å²) in [5.41, 5.74) is 1.53. The van der Waals surface area contributed by atoms with Crippen LogP contribution in [0.4, 0.5) is 0 Å². The van der Waals surface area contributed by atoms with Gasteiger partial charge >= 0.3 is 0 Å². The van der Waals surface area contributed by atoms with E-state index in [1.54, 1.807) is 0 Å². The predicted octanol–water partition coefficient (Wildman–Crippen LogP) is 3.30. The fourth-order valence-electron chi connectivity index (χ4n) is 1.73. The van der Waals surface area contributed by atoms with Gasteiger partial charge in [0.05, 0.1) is 0 Å². The molecule has 1 fully saturated rings. The van der Waals surface area contributed by atoms with Crippen LogP contribution in [0.3, 0.4) is 0 Å². The minimum atomic E-state index is 0.824. The lowest BCUT2D eigenvalue weighted by Gasteiger charge is -2.21. The second-order valence-electron chi connectivity index (χ2n) is 3.32. The first-order valence-electron chi connectivity index (χ1n) is 4.59. The lowest BCUT2D eigenvalue weighted by Crippen LogP contribution is -2.07. The van der Waals surface area contributed by atoms with Crippen molar-refractivity contribution in [3.63, 3.8) is 0 Å². The maximum absolute atomic E-state index is 2.26. The van der Waals surface area contributed by atoms with Gasteiger partial charge in [-0.2, -0.15) is 11.8 Å². The van der Waals surface area contributed by atoms with E-state index < -0.39 is 0 Å². The molecule has 2 rings (SSSR count). The molecule has 1 heterocycles. The number of benzene rings is 1. The van der Waals surface area contributed by atoms with Crippen molar-refractivity contribution in [1.29, 1.82) is 0 Å². The average molecular weight is 178 g/mol. The Labute approximate surface area is 78.4 Å². The van der Waals surface area contributed by atoms with Crippen molar-refractivity contribution < 1.29 is 0 Å². The van der Waals surface area contributed by atoms with Crippen LogP contribution >= 0.6 is 11.8 Å². The van der Waals surface area contributed by atoms with Gasteiger partial charge in [-0.25, -0.2) is 0 Å². The summed E-state index contributed by atoms with van der Waals surface area (Å²) in [6, 6.07) is 10.9. The lowest BCUT2D eigenvalue weighted by atomic mass is 9.96. The van der Waals surface area contributed by atoms with Crippen molar-refractivity contribution >= 4 is 11.8 Å². The maximum Gasteiger partial charge on any atom is 0.000147 e. The molecular formula is C11H14S. The molecule has 0 amide bonds. The van der Waals surface area contributed by atoms with Crippen molar-refractivity contribution in [3.8, 4) is 0 Å². The van der Waals surface area contributed by atoms with Gasteiger partial charge in [-0.15, -0.1) is 0 Å². The molecule has 1 saturated heterocycles. The van der Waals surface area contributed by atoms with Crippen LogP contribution in [0.25, 0.3) is 0 Å². The van der Waals surface area contributed by atoms with Gasteiger partial charge in [0.1, 0.15) is 0 Å². The second-order valence-corrected chi connectivity index (χ2v) is 4.47. The monoisotopic (exact) mass is 178 g/mol. The highest BCUT2D eigenvalue weighted by atomic mass is 32.2. The molecule has 1 heteroatoms. The summed E-state index contributed by atoms with van der Waals surface area (Å²) in [5.74, 6) is 3.51. The molecule has 0 bridgehead atoms. The SMILES string of the molecule is c1ccc(C2CCCSC2)cc1. The Morgan fingerprint density at radius 2 is 2.00 bits per heavy atom. The molecule has 0 aliphatic carbocycles. The van der Waals surface area contributed by atoms with Gasteiger partial charge in [-0.05, 0) is 30.1 Å². The van der Waals surface area contributed by atoms with Crippen molar-refractivity contribution in [2.24, 2.45) is 0 Å². The lowest BCUT2D eigenvalue weighted by molar-refractivity contribution is 0.660. The molecule has 0 aromatic heterocycles. The van der Waals surface area contributed by atoms with Crippen molar-refractivity contribution in [2.75, 3.05) is 11.5 Å². The summed E-state index contributed by atoms with van der Waals surface area (Å²) in [5, 5.41) is 0. The minimum Gasteiger partial charge on any atom is -0.161 e. The summed E-state index contributed by atoms with van der Waals surface area (Å²) in [4.78, 5) is 0. The zero-order valence-corrected chi connectivity index (χ0v) is 8.02. The maximum atomic E-state index is 2.26. The van der Waals surface area contributed by atoms with E-state index in [1.807, 2.05) is 0 Å². The zero-order chi connectivity index (χ0) is 8.23. The van der Waals surface area contributed by atoms with E-state index in [4.69, 9.17) is 0 Å². The Morgan fingerprint density at radius 1 is 1.17 bits per heavy atom. The molecule has 1 aromatic carbocycles. The van der Waals surface area contributed by atoms with E-state index in [2.05, 4.69) is 42.1 Å². The van der Waals surface area contributed by atoms with E-state index in [0.717, 1.165) is 5.92 Å². The number of thioether (sulfide) groups is 1. The van der Waals surface area contributed by atoms with E-state index in [-0.39, 0.29) is 0 Å². The quantitative estimate of drug-likeness (QED) is 0.636. The zero-order valence-electron chi connectivity index (χ0n) is 7.20. The molecular weight excluding hydrogens is 164 g/mol. The van der Waals surface area contributed by atoms with E-state index in [0.29, 0.717) is 0 Å². The third-order valence-electron chi connectivity index (χ3n) is 2.43. The minimum absolute atomic E-state index is 0.824. The topological polar surface area (TPSA) is 0 Å². The summed E-state index contributed by atoms with van der Waals surface area (Å²) in [7, 11) is 0. The molecule has 0 radical (unpaired) electrons. The van der Waals surface area contributed by atoms with Gasteiger partial charge < -0.3 is 0 Å². The Morgan fingerprint density at radius 3 is 2.67 bits per heavy atom. The van der Waals surface area contributed by atoms with E-state index >= 15 is 0 Å². The molecule has 0 spiro atoms. The highest BCUT2D eigenvalue weighted by Gasteiger charge is 2.14. The van der Waals surface area contributed by atoms with E-state index in [1.165, 1.54) is 29.9 Å². The fourth-order valence-corrected chi connectivity index (χ4v) is 2.91. The van der Waals surface area contributed by atoms with Gasteiger partial charge in [0.25, 0.3) is 0 Å². The third kappa shape index (κ3) is 1.84. The normalized spacial score (nSPS) is 23.8. The first-order valence-corrected chi connectivity index (χ1v) is 5.75. The van der Waals surface area contributed by atoms with Crippen LogP contribution in [-0.4, -0.2) is 11.5 Å². The van der Waals surface area contributed by atoms with Crippen molar-refractivity contribution in [3.05, 3.63) is 35.9 Å². The van der Waals surface area contributed by atoms with Gasteiger partial charge in [-0.3, -0.25) is 0 Å². The third-order valence-corrected chi connectivity index (χ3v) is 3.65. The Kier molecular flexibility index (Phi) is 2.72. The highest BCUT2D eigenvalue weighted by Crippen LogP contribution is 2.30. The Balaban J connectivity index is 2.08. The molecule has 1 atom stereocenters. The van der Waals surface area contributed by atoms with Crippen LogP contribution < -0.4 is 0 Å². The largest absolute Gasteiger partial charge is 0.161 e. The number of hydrogen-bond donors (Lipinski definition) is 0. The van der Waals surface area contributed by atoms with Crippen molar-refractivity contribution in [1.82, 2.24) is 0 Å². The van der Waals surface area contributed by atoms with Crippen LogP contribution in [0.2, 0.25) is 0 Å². The number of hydrogen-bond acceptors (Lipinski definition) is 1. The molecule has 0 nitrogen and oxygen atoms in total. The molecule has 1 unspecified atom stereocenters. The molecule has 12 heavy (non-hydrogen) atoms. The van der Waals surface area contributed by atoms with Crippen LogP contribution in [-0.2, 0) is 0 Å². The molecule has 0 saturated carbocycles. The van der Waals surface area contributed by atoms with Crippen LogP contribution in [0.15, 0.2) is 30.3 Å². The molecule has 1 aromatic rings. The highest BCUT2D eigenvalue weighted by molar-refractivity contribution is 7.99. The van der Waals surface area contributed by atoms with E-state index in [9.17, 15) is 0 Å². The summed E-state index contributed by atoms with van der Waals surface area (Å²) >= 11 is 2.10. The van der Waals surface area contributed by atoms with Crippen LogP contribution in [0, 0.1) is 0 Å². The summed E-state index contributed by atoms with van der Waals surface area (Å²) in [6.45, 7) is 0. The molecule has 64 valence electrons. The van der Waals surface area contributed by atoms with Gasteiger partial charge in [-0.1, -0.05) is 30.3 Å². The predicted molar refractivity (Wildman–Crippen MR) is 55.7 cm³/mol. The van der Waals surface area contributed by atoms with Crippen LogP contribution in [0.1, 0.15) is 24.3 Å². The molecule has 0 N–H and O–H groups in total. The Bertz CT molecular complexity index is 224. The first kappa shape index (κ1) is 8.18. The molecule has 1 aliphatic rings. The van der Waals surface area contributed by atoms with Gasteiger partial charge in [0.15, 0.2) is 0 Å². The standard InChI is InChI=1S/C11H14S/c1-2-5-10(6-3-1)11-7-4-8-12-9-11/h1-3,5-6,11H,4,7-9H2. The number of rotatable bonds is 1. The summed E-state index contributed by atoms with van der Waals surface area (Å²) in [6.07, 6.45) is 2.78. The Hall–Kier alpha value is -0.430. The van der Waals surface area contributed by atoms with Crippen molar-refractivity contribution in [2.45, 2.75) is 18.8 Å². The second kappa shape index (κ2) is 3.99. The van der Waals surface area contributed by atoms with Gasteiger partial charge in [0.2, 0.25) is 0 Å². The van der Waals surface area contributed by atoms with Gasteiger partial charge in [0, 0.05) is 5.75 Å². The van der Waals surface area contributed by atoms with Crippen LogP contribution in [0.5, 0.6) is 0 Å². The smallest absolute Gasteiger partial charge is 0.000147 e.